The molecule has 0 bridgehead atoms. The van der Waals surface area contributed by atoms with E-state index in [0.29, 0.717) is 11.7 Å². The summed E-state index contributed by atoms with van der Waals surface area (Å²) >= 11 is 0. The minimum atomic E-state index is -0.371. The molecule has 2 aromatic heterocycles. The van der Waals surface area contributed by atoms with Crippen LogP contribution in [0.3, 0.4) is 0 Å². The SMILES string of the molecule is CC(=O)C(c1nc(-c2coc3ccccc23)no1)C(C)C. The van der Waals surface area contributed by atoms with Crippen molar-refractivity contribution in [2.45, 2.75) is 26.7 Å². The van der Waals surface area contributed by atoms with Crippen LogP contribution in [0.2, 0.25) is 0 Å². The minimum Gasteiger partial charge on any atom is -0.464 e. The zero-order chi connectivity index (χ0) is 15.0. The normalized spacial score (nSPS) is 13.0. The van der Waals surface area contributed by atoms with Crippen molar-refractivity contribution in [3.8, 4) is 11.4 Å². The monoisotopic (exact) mass is 284 g/mol. The number of para-hydroxylation sites is 1. The third kappa shape index (κ3) is 2.35. The van der Waals surface area contributed by atoms with Crippen LogP contribution in [-0.4, -0.2) is 15.9 Å². The second-order valence-corrected chi connectivity index (χ2v) is 5.43. The van der Waals surface area contributed by atoms with Gasteiger partial charge in [-0.3, -0.25) is 4.79 Å². The molecule has 1 aromatic carbocycles. The van der Waals surface area contributed by atoms with E-state index in [9.17, 15) is 4.79 Å². The van der Waals surface area contributed by atoms with Gasteiger partial charge in [-0.15, -0.1) is 0 Å². The first kappa shape index (κ1) is 13.5. The van der Waals surface area contributed by atoms with E-state index >= 15 is 0 Å². The third-order valence-electron chi connectivity index (χ3n) is 3.53. The van der Waals surface area contributed by atoms with Crippen LogP contribution in [0.15, 0.2) is 39.5 Å². The first-order chi connectivity index (χ1) is 10.1. The Hall–Kier alpha value is -2.43. The van der Waals surface area contributed by atoms with Crippen molar-refractivity contribution in [3.05, 3.63) is 36.4 Å². The summed E-state index contributed by atoms with van der Waals surface area (Å²) in [5, 5.41) is 4.92. The number of ketones is 1. The van der Waals surface area contributed by atoms with Gasteiger partial charge in [-0.2, -0.15) is 4.98 Å². The molecule has 5 nitrogen and oxygen atoms in total. The number of aromatic nitrogens is 2. The lowest BCUT2D eigenvalue weighted by Crippen LogP contribution is -2.15. The van der Waals surface area contributed by atoms with Crippen LogP contribution in [0.25, 0.3) is 22.4 Å². The van der Waals surface area contributed by atoms with Gasteiger partial charge in [0.05, 0.1) is 11.5 Å². The number of hydrogen-bond donors (Lipinski definition) is 0. The number of hydrogen-bond acceptors (Lipinski definition) is 5. The van der Waals surface area contributed by atoms with Crippen molar-refractivity contribution in [1.29, 1.82) is 0 Å². The average molecular weight is 284 g/mol. The van der Waals surface area contributed by atoms with E-state index in [1.165, 1.54) is 0 Å². The van der Waals surface area contributed by atoms with Crippen LogP contribution in [0, 0.1) is 5.92 Å². The molecule has 0 aliphatic rings. The van der Waals surface area contributed by atoms with Gasteiger partial charge in [0.25, 0.3) is 0 Å². The topological polar surface area (TPSA) is 69.1 Å². The summed E-state index contributed by atoms with van der Waals surface area (Å²) in [6.07, 6.45) is 1.61. The van der Waals surface area contributed by atoms with Crippen LogP contribution < -0.4 is 0 Å². The molecule has 0 aliphatic heterocycles. The Morgan fingerprint density at radius 1 is 1.24 bits per heavy atom. The van der Waals surface area contributed by atoms with Gasteiger partial charge in [-0.25, -0.2) is 0 Å². The summed E-state index contributed by atoms with van der Waals surface area (Å²) in [5.41, 5.74) is 1.54. The van der Waals surface area contributed by atoms with Crippen molar-refractivity contribution in [3.63, 3.8) is 0 Å². The molecule has 0 spiro atoms. The van der Waals surface area contributed by atoms with Gasteiger partial charge in [0.2, 0.25) is 11.7 Å². The van der Waals surface area contributed by atoms with E-state index in [2.05, 4.69) is 10.1 Å². The molecule has 0 aliphatic carbocycles. The Morgan fingerprint density at radius 3 is 2.71 bits per heavy atom. The highest BCUT2D eigenvalue weighted by Crippen LogP contribution is 2.31. The lowest BCUT2D eigenvalue weighted by atomic mass is 9.92. The maximum atomic E-state index is 11.7. The Balaban J connectivity index is 2.04. The summed E-state index contributed by atoms with van der Waals surface area (Å²) < 4.78 is 10.8. The number of fused-ring (bicyclic) bond motifs is 1. The van der Waals surface area contributed by atoms with Crippen LogP contribution in [-0.2, 0) is 4.79 Å². The van der Waals surface area contributed by atoms with Crippen LogP contribution in [0.1, 0.15) is 32.6 Å². The number of benzene rings is 1. The molecule has 0 amide bonds. The zero-order valence-electron chi connectivity index (χ0n) is 12.2. The van der Waals surface area contributed by atoms with Gasteiger partial charge in [0.1, 0.15) is 17.6 Å². The second kappa shape index (κ2) is 5.16. The summed E-state index contributed by atoms with van der Waals surface area (Å²) in [6.45, 7) is 5.47. The maximum absolute atomic E-state index is 11.7. The summed E-state index contributed by atoms with van der Waals surface area (Å²) in [5.74, 6) is 0.568. The number of Topliss-reactive ketones (excluding diaryl/α,β-unsaturated/α-hetero) is 1. The molecule has 3 aromatic rings. The van der Waals surface area contributed by atoms with Crippen LogP contribution >= 0.6 is 0 Å². The standard InChI is InChI=1S/C16H16N2O3/c1-9(2)14(10(3)19)16-17-15(18-21-16)12-8-20-13-7-5-4-6-11(12)13/h4-9,14H,1-3H3. The van der Waals surface area contributed by atoms with Gasteiger partial charge >= 0.3 is 0 Å². The van der Waals surface area contributed by atoms with E-state index < -0.39 is 0 Å². The number of carbonyl (C=O) groups is 1. The molecule has 0 N–H and O–H groups in total. The van der Waals surface area contributed by atoms with Crippen molar-refractivity contribution in [2.24, 2.45) is 5.92 Å². The van der Waals surface area contributed by atoms with Gasteiger partial charge in [-0.05, 0) is 18.9 Å². The number of carbonyl (C=O) groups excluding carboxylic acids is 1. The molecular formula is C16H16N2O3. The smallest absolute Gasteiger partial charge is 0.237 e. The molecule has 1 atom stereocenters. The van der Waals surface area contributed by atoms with Gasteiger partial charge in [0, 0.05) is 5.39 Å². The predicted octanol–water partition coefficient (Wildman–Crippen LogP) is 3.81. The molecule has 0 fully saturated rings. The van der Waals surface area contributed by atoms with E-state index in [4.69, 9.17) is 8.94 Å². The van der Waals surface area contributed by atoms with E-state index in [1.54, 1.807) is 13.2 Å². The maximum Gasteiger partial charge on any atom is 0.237 e. The Morgan fingerprint density at radius 2 is 2.00 bits per heavy atom. The Kier molecular flexibility index (Phi) is 3.33. The average Bonchev–Trinajstić information content (AvgIpc) is 3.04. The Labute approximate surface area is 122 Å². The summed E-state index contributed by atoms with van der Waals surface area (Å²) in [6, 6.07) is 7.65. The fourth-order valence-corrected chi connectivity index (χ4v) is 2.55. The molecule has 0 radical (unpaired) electrons. The minimum absolute atomic E-state index is 0.0252. The van der Waals surface area contributed by atoms with Crippen molar-refractivity contribution in [2.75, 3.05) is 0 Å². The molecule has 108 valence electrons. The Bertz CT molecular complexity index is 786. The van der Waals surface area contributed by atoms with E-state index in [1.807, 2.05) is 38.1 Å². The van der Waals surface area contributed by atoms with Crippen LogP contribution in [0.4, 0.5) is 0 Å². The largest absolute Gasteiger partial charge is 0.464 e. The highest BCUT2D eigenvalue weighted by atomic mass is 16.5. The number of furan rings is 1. The molecule has 0 saturated carbocycles. The molecular weight excluding hydrogens is 268 g/mol. The van der Waals surface area contributed by atoms with Gasteiger partial charge < -0.3 is 8.94 Å². The molecule has 5 heteroatoms. The third-order valence-corrected chi connectivity index (χ3v) is 3.53. The second-order valence-electron chi connectivity index (χ2n) is 5.43. The van der Waals surface area contributed by atoms with Crippen molar-refractivity contribution < 1.29 is 13.7 Å². The van der Waals surface area contributed by atoms with Crippen molar-refractivity contribution in [1.82, 2.24) is 10.1 Å². The summed E-state index contributed by atoms with van der Waals surface area (Å²) in [4.78, 5) is 16.1. The lowest BCUT2D eigenvalue weighted by Gasteiger charge is -2.12. The first-order valence-electron chi connectivity index (χ1n) is 6.88. The predicted molar refractivity (Wildman–Crippen MR) is 77.8 cm³/mol. The highest BCUT2D eigenvalue weighted by molar-refractivity contribution is 5.92. The zero-order valence-corrected chi connectivity index (χ0v) is 12.2. The molecule has 3 rings (SSSR count). The molecule has 1 unspecified atom stereocenters. The highest BCUT2D eigenvalue weighted by Gasteiger charge is 2.27. The molecule has 0 saturated heterocycles. The number of rotatable bonds is 4. The van der Waals surface area contributed by atoms with Gasteiger partial charge in [0.15, 0.2) is 0 Å². The lowest BCUT2D eigenvalue weighted by molar-refractivity contribution is -0.119. The number of nitrogens with zero attached hydrogens (tertiary/aromatic N) is 2. The molecule has 2 heterocycles. The van der Waals surface area contributed by atoms with Gasteiger partial charge in [-0.1, -0.05) is 37.2 Å². The fraction of sp³-hybridized carbons (Fsp3) is 0.312. The van der Waals surface area contributed by atoms with Crippen molar-refractivity contribution >= 4 is 16.8 Å². The van der Waals surface area contributed by atoms with Crippen LogP contribution in [0.5, 0.6) is 0 Å². The first-order valence-corrected chi connectivity index (χ1v) is 6.88. The van der Waals surface area contributed by atoms with E-state index in [-0.39, 0.29) is 17.6 Å². The quantitative estimate of drug-likeness (QED) is 0.728. The molecule has 21 heavy (non-hydrogen) atoms. The summed E-state index contributed by atoms with van der Waals surface area (Å²) in [7, 11) is 0. The fourth-order valence-electron chi connectivity index (χ4n) is 2.55. The van der Waals surface area contributed by atoms with E-state index in [0.717, 1.165) is 16.5 Å².